The normalized spacial score (nSPS) is 20.6. The van der Waals surface area contributed by atoms with Crippen molar-refractivity contribution in [1.82, 2.24) is 0 Å². The van der Waals surface area contributed by atoms with Crippen molar-refractivity contribution in [2.75, 3.05) is 0 Å². The molecule has 0 spiro atoms. The fourth-order valence-electron chi connectivity index (χ4n) is 2.75. The number of allylic oxidation sites excluding steroid dienone is 3. The van der Waals surface area contributed by atoms with E-state index in [-0.39, 0.29) is 0 Å². The summed E-state index contributed by atoms with van der Waals surface area (Å²) in [6, 6.07) is 0. The van der Waals surface area contributed by atoms with Crippen molar-refractivity contribution < 1.29 is 9.90 Å². The Balaban J connectivity index is 2.68. The Kier molecular flexibility index (Phi) is 4.55. The molecule has 0 aromatic carbocycles. The molecule has 1 aliphatic rings. The van der Waals surface area contributed by atoms with Crippen molar-refractivity contribution >= 4 is 5.97 Å². The van der Waals surface area contributed by atoms with Gasteiger partial charge in [-0.3, -0.25) is 0 Å². The second kappa shape index (κ2) is 5.52. The van der Waals surface area contributed by atoms with Crippen LogP contribution in [0.5, 0.6) is 0 Å². The molecule has 1 rings (SSSR count). The summed E-state index contributed by atoms with van der Waals surface area (Å²) in [5.41, 5.74) is 3.81. The minimum Gasteiger partial charge on any atom is -0.478 e. The molecular weight excluding hydrogens is 212 g/mol. The van der Waals surface area contributed by atoms with Gasteiger partial charge in [0.05, 0.1) is 0 Å². The lowest BCUT2D eigenvalue weighted by Crippen LogP contribution is -2.20. The van der Waals surface area contributed by atoms with Gasteiger partial charge in [0.1, 0.15) is 0 Å². The molecule has 0 aliphatic heterocycles. The zero-order valence-electron chi connectivity index (χ0n) is 11.5. The maximum absolute atomic E-state index is 10.7. The highest BCUT2D eigenvalue weighted by atomic mass is 16.4. The van der Waals surface area contributed by atoms with Crippen molar-refractivity contribution in [3.63, 3.8) is 0 Å². The van der Waals surface area contributed by atoms with Gasteiger partial charge in [0.2, 0.25) is 0 Å². The van der Waals surface area contributed by atoms with E-state index in [2.05, 4.69) is 20.8 Å². The molecule has 0 unspecified atom stereocenters. The first-order valence-electron chi connectivity index (χ1n) is 6.44. The first kappa shape index (κ1) is 14.0. The van der Waals surface area contributed by atoms with Crippen LogP contribution in [0.15, 0.2) is 22.8 Å². The number of carbonyl (C=O) groups is 1. The van der Waals surface area contributed by atoms with E-state index < -0.39 is 5.97 Å². The lowest BCUT2D eigenvalue weighted by molar-refractivity contribution is -0.132. The topological polar surface area (TPSA) is 37.3 Å². The van der Waals surface area contributed by atoms with Crippen molar-refractivity contribution in [2.24, 2.45) is 5.41 Å². The molecule has 1 aliphatic carbocycles. The molecule has 0 radical (unpaired) electrons. The standard InChI is InChI=1S/C15H24O2/c1-11-8-6-10-15(3,4)13(11)9-5-7-12(2)14(16)17/h7H,5-6,8-10H2,1-4H3,(H,16,17)/b12-7+. The summed E-state index contributed by atoms with van der Waals surface area (Å²) >= 11 is 0. The monoisotopic (exact) mass is 236 g/mol. The smallest absolute Gasteiger partial charge is 0.330 e. The summed E-state index contributed by atoms with van der Waals surface area (Å²) in [5.74, 6) is -0.807. The summed E-state index contributed by atoms with van der Waals surface area (Å²) in [4.78, 5) is 10.7. The highest BCUT2D eigenvalue weighted by Crippen LogP contribution is 2.42. The Morgan fingerprint density at radius 3 is 2.65 bits per heavy atom. The maximum atomic E-state index is 10.7. The average Bonchev–Trinajstić information content (AvgIpc) is 2.21. The minimum atomic E-state index is -0.807. The SMILES string of the molecule is CC1=C(CC/C=C(\C)C(=O)O)C(C)(C)CCC1. The predicted octanol–water partition coefficient (Wildman–Crippen LogP) is 4.32. The highest BCUT2D eigenvalue weighted by molar-refractivity contribution is 5.85. The van der Waals surface area contributed by atoms with Gasteiger partial charge in [-0.15, -0.1) is 0 Å². The van der Waals surface area contributed by atoms with Crippen LogP contribution >= 0.6 is 0 Å². The zero-order chi connectivity index (χ0) is 13.1. The molecule has 0 amide bonds. The first-order valence-corrected chi connectivity index (χ1v) is 6.44. The number of aliphatic carboxylic acids is 1. The molecule has 0 atom stereocenters. The van der Waals surface area contributed by atoms with Crippen molar-refractivity contribution in [3.8, 4) is 0 Å². The molecule has 2 heteroatoms. The third-order valence-corrected chi connectivity index (χ3v) is 3.87. The molecule has 17 heavy (non-hydrogen) atoms. The van der Waals surface area contributed by atoms with E-state index in [1.165, 1.54) is 30.4 Å². The fourth-order valence-corrected chi connectivity index (χ4v) is 2.75. The molecule has 0 heterocycles. The Hall–Kier alpha value is -1.05. The lowest BCUT2D eigenvalue weighted by atomic mass is 9.71. The van der Waals surface area contributed by atoms with Gasteiger partial charge in [0.25, 0.3) is 0 Å². The summed E-state index contributed by atoms with van der Waals surface area (Å²) in [7, 11) is 0. The average molecular weight is 236 g/mol. The van der Waals surface area contributed by atoms with Gasteiger partial charge in [0, 0.05) is 5.57 Å². The summed E-state index contributed by atoms with van der Waals surface area (Å²) < 4.78 is 0. The number of carboxylic acids is 1. The highest BCUT2D eigenvalue weighted by Gasteiger charge is 2.27. The van der Waals surface area contributed by atoms with E-state index in [1.54, 1.807) is 6.92 Å². The molecule has 1 N–H and O–H groups in total. The number of carboxylic acid groups (broad SMARTS) is 1. The summed E-state index contributed by atoms with van der Waals surface area (Å²) in [6.07, 6.45) is 7.43. The van der Waals surface area contributed by atoms with Gasteiger partial charge in [0.15, 0.2) is 0 Å². The Labute approximate surface area is 104 Å². The van der Waals surface area contributed by atoms with Crippen LogP contribution in [0, 0.1) is 5.41 Å². The minimum absolute atomic E-state index is 0.299. The van der Waals surface area contributed by atoms with Gasteiger partial charge in [-0.25, -0.2) is 4.79 Å². The van der Waals surface area contributed by atoms with E-state index in [0.29, 0.717) is 11.0 Å². The van der Waals surface area contributed by atoms with Crippen LogP contribution in [0.25, 0.3) is 0 Å². The van der Waals surface area contributed by atoms with E-state index in [9.17, 15) is 4.79 Å². The van der Waals surface area contributed by atoms with E-state index in [0.717, 1.165) is 12.8 Å². The predicted molar refractivity (Wildman–Crippen MR) is 71.0 cm³/mol. The van der Waals surface area contributed by atoms with E-state index in [1.807, 2.05) is 6.08 Å². The Morgan fingerprint density at radius 2 is 2.12 bits per heavy atom. The molecule has 0 fully saturated rings. The van der Waals surface area contributed by atoms with E-state index >= 15 is 0 Å². The Morgan fingerprint density at radius 1 is 1.47 bits per heavy atom. The zero-order valence-corrected chi connectivity index (χ0v) is 11.5. The molecule has 0 saturated heterocycles. The largest absolute Gasteiger partial charge is 0.478 e. The molecular formula is C15H24O2. The third kappa shape index (κ3) is 3.72. The van der Waals surface area contributed by atoms with Crippen molar-refractivity contribution in [1.29, 1.82) is 0 Å². The quantitative estimate of drug-likeness (QED) is 0.583. The van der Waals surface area contributed by atoms with Crippen molar-refractivity contribution in [2.45, 2.75) is 59.8 Å². The molecule has 2 nitrogen and oxygen atoms in total. The van der Waals surface area contributed by atoms with Crippen LogP contribution < -0.4 is 0 Å². The van der Waals surface area contributed by atoms with E-state index in [4.69, 9.17) is 5.11 Å². The van der Waals surface area contributed by atoms with Crippen LogP contribution in [0.3, 0.4) is 0 Å². The second-order valence-electron chi connectivity index (χ2n) is 5.73. The van der Waals surface area contributed by atoms with Gasteiger partial charge in [-0.05, 0) is 51.4 Å². The van der Waals surface area contributed by atoms with Gasteiger partial charge in [-0.2, -0.15) is 0 Å². The molecule has 0 saturated carbocycles. The number of hydrogen-bond acceptors (Lipinski definition) is 1. The van der Waals surface area contributed by atoms with Crippen LogP contribution in [0.2, 0.25) is 0 Å². The van der Waals surface area contributed by atoms with Gasteiger partial charge in [-0.1, -0.05) is 31.1 Å². The lowest BCUT2D eigenvalue weighted by Gasteiger charge is -2.34. The van der Waals surface area contributed by atoms with Crippen LogP contribution in [0.4, 0.5) is 0 Å². The second-order valence-corrected chi connectivity index (χ2v) is 5.73. The Bertz CT molecular complexity index is 359. The third-order valence-electron chi connectivity index (χ3n) is 3.87. The first-order chi connectivity index (χ1) is 7.84. The van der Waals surface area contributed by atoms with Crippen LogP contribution in [-0.2, 0) is 4.79 Å². The number of hydrogen-bond donors (Lipinski definition) is 1. The van der Waals surface area contributed by atoms with Crippen LogP contribution in [0.1, 0.15) is 59.8 Å². The molecule has 0 aromatic heterocycles. The molecule has 96 valence electrons. The number of rotatable bonds is 4. The summed E-state index contributed by atoms with van der Waals surface area (Å²) in [6.45, 7) is 8.50. The van der Waals surface area contributed by atoms with Gasteiger partial charge >= 0.3 is 5.97 Å². The van der Waals surface area contributed by atoms with Crippen molar-refractivity contribution in [3.05, 3.63) is 22.8 Å². The maximum Gasteiger partial charge on any atom is 0.330 e. The molecule has 0 bridgehead atoms. The molecule has 0 aromatic rings. The fraction of sp³-hybridized carbons (Fsp3) is 0.667. The van der Waals surface area contributed by atoms with Crippen LogP contribution in [-0.4, -0.2) is 11.1 Å². The van der Waals surface area contributed by atoms with Gasteiger partial charge < -0.3 is 5.11 Å². The summed E-state index contributed by atoms with van der Waals surface area (Å²) in [5, 5.41) is 8.79.